The van der Waals surface area contributed by atoms with Gasteiger partial charge in [-0.1, -0.05) is 0 Å². The molecule has 1 aliphatic rings. The minimum absolute atomic E-state index is 0.688. The average molecular weight is 307 g/mol. The van der Waals surface area contributed by atoms with Crippen LogP contribution in [0.4, 0.5) is 0 Å². The summed E-state index contributed by atoms with van der Waals surface area (Å²) >= 11 is 0. The van der Waals surface area contributed by atoms with Gasteiger partial charge in [-0.3, -0.25) is 4.90 Å². The van der Waals surface area contributed by atoms with E-state index in [4.69, 9.17) is 4.42 Å². The van der Waals surface area contributed by atoms with Crippen molar-refractivity contribution in [1.29, 1.82) is 0 Å². The van der Waals surface area contributed by atoms with Crippen LogP contribution in [0, 0.1) is 13.8 Å². The van der Waals surface area contributed by atoms with Crippen molar-refractivity contribution >= 4 is 0 Å². The predicted molar refractivity (Wildman–Crippen MR) is 92.3 cm³/mol. The van der Waals surface area contributed by atoms with Crippen LogP contribution in [0.3, 0.4) is 0 Å². The van der Waals surface area contributed by atoms with E-state index in [9.17, 15) is 0 Å². The van der Waals surface area contributed by atoms with Crippen molar-refractivity contribution in [1.82, 2.24) is 14.7 Å². The van der Waals surface area contributed by atoms with Gasteiger partial charge in [-0.2, -0.15) is 0 Å². The molecule has 1 aromatic rings. The Kier molecular flexibility index (Phi) is 6.48. The molecule has 22 heavy (non-hydrogen) atoms. The van der Waals surface area contributed by atoms with E-state index >= 15 is 0 Å². The van der Waals surface area contributed by atoms with Crippen LogP contribution in [0.15, 0.2) is 10.5 Å². The molecule has 1 atom stereocenters. The van der Waals surface area contributed by atoms with Gasteiger partial charge in [0.25, 0.3) is 0 Å². The van der Waals surface area contributed by atoms with Gasteiger partial charge in [0.1, 0.15) is 11.5 Å². The Bertz CT molecular complexity index is 436. The molecule has 0 aliphatic carbocycles. The van der Waals surface area contributed by atoms with Crippen LogP contribution in [0.25, 0.3) is 0 Å². The SMILES string of the molecule is Cc1cc(CN2CCC[C@H](N(C)CCCN(C)C)C2)oc1C. The van der Waals surface area contributed by atoms with Crippen LogP contribution in [0.5, 0.6) is 0 Å². The van der Waals surface area contributed by atoms with Gasteiger partial charge in [0.05, 0.1) is 6.54 Å². The molecule has 126 valence electrons. The molecule has 1 aliphatic heterocycles. The molecular formula is C18H33N3O. The smallest absolute Gasteiger partial charge is 0.118 e. The highest BCUT2D eigenvalue weighted by atomic mass is 16.3. The zero-order valence-electron chi connectivity index (χ0n) is 15.1. The predicted octanol–water partition coefficient (Wildman–Crippen LogP) is 2.74. The lowest BCUT2D eigenvalue weighted by Crippen LogP contribution is -2.46. The number of rotatable bonds is 7. The summed E-state index contributed by atoms with van der Waals surface area (Å²) in [7, 11) is 6.58. The Labute approximate surface area is 136 Å². The molecule has 4 nitrogen and oxygen atoms in total. The second-order valence-electron chi connectivity index (χ2n) is 7.12. The first-order valence-corrected chi connectivity index (χ1v) is 8.59. The summed E-state index contributed by atoms with van der Waals surface area (Å²) in [6.07, 6.45) is 3.86. The van der Waals surface area contributed by atoms with Crippen LogP contribution >= 0.6 is 0 Å². The number of aryl methyl sites for hydroxylation is 2. The summed E-state index contributed by atoms with van der Waals surface area (Å²) in [5.41, 5.74) is 1.27. The molecule has 1 saturated heterocycles. The molecule has 0 saturated carbocycles. The van der Waals surface area contributed by atoms with Gasteiger partial charge >= 0.3 is 0 Å². The van der Waals surface area contributed by atoms with Crippen LogP contribution < -0.4 is 0 Å². The molecule has 1 fully saturated rings. The number of hydrogen-bond donors (Lipinski definition) is 0. The number of furan rings is 1. The van der Waals surface area contributed by atoms with Gasteiger partial charge in [-0.15, -0.1) is 0 Å². The third-order valence-electron chi connectivity index (χ3n) is 4.82. The van der Waals surface area contributed by atoms with Crippen LogP contribution in [0.1, 0.15) is 36.3 Å². The summed E-state index contributed by atoms with van der Waals surface area (Å²) < 4.78 is 5.84. The van der Waals surface area contributed by atoms with Gasteiger partial charge in [0.15, 0.2) is 0 Å². The molecule has 0 unspecified atom stereocenters. The van der Waals surface area contributed by atoms with E-state index in [0.717, 1.165) is 24.6 Å². The molecule has 0 radical (unpaired) electrons. The topological polar surface area (TPSA) is 22.9 Å². The Balaban J connectivity index is 1.80. The Hall–Kier alpha value is -0.840. The maximum atomic E-state index is 5.84. The van der Waals surface area contributed by atoms with Gasteiger partial charge in [0, 0.05) is 12.6 Å². The molecule has 0 N–H and O–H groups in total. The maximum Gasteiger partial charge on any atom is 0.118 e. The lowest BCUT2D eigenvalue weighted by molar-refractivity contribution is 0.104. The molecule has 2 heterocycles. The standard InChI is InChI=1S/C18H33N3O/c1-15-12-18(22-16(15)2)14-21-11-6-8-17(13-21)20(5)10-7-9-19(3)4/h12,17H,6-11,13-14H2,1-5H3/t17-/m0/s1. The third kappa shape index (κ3) is 5.11. The highest BCUT2D eigenvalue weighted by Gasteiger charge is 2.23. The molecule has 4 heteroatoms. The van der Waals surface area contributed by atoms with Gasteiger partial charge in [0.2, 0.25) is 0 Å². The summed E-state index contributed by atoms with van der Waals surface area (Å²) in [5.74, 6) is 2.18. The van der Waals surface area contributed by atoms with Crippen molar-refractivity contribution in [3.8, 4) is 0 Å². The number of nitrogens with zero attached hydrogens (tertiary/aromatic N) is 3. The number of piperidine rings is 1. The molecule has 2 rings (SSSR count). The molecule has 0 bridgehead atoms. The summed E-state index contributed by atoms with van der Waals surface area (Å²) in [6, 6.07) is 2.88. The average Bonchev–Trinajstić information content (AvgIpc) is 2.77. The maximum absolute atomic E-state index is 5.84. The molecule has 0 spiro atoms. The van der Waals surface area contributed by atoms with Crippen molar-refractivity contribution in [3.63, 3.8) is 0 Å². The normalized spacial score (nSPS) is 20.2. The van der Waals surface area contributed by atoms with E-state index in [0.29, 0.717) is 6.04 Å². The van der Waals surface area contributed by atoms with Gasteiger partial charge in [-0.25, -0.2) is 0 Å². The molecule has 0 aromatic carbocycles. The highest BCUT2D eigenvalue weighted by Crippen LogP contribution is 2.20. The second kappa shape index (κ2) is 8.14. The lowest BCUT2D eigenvalue weighted by atomic mass is 10.0. The van der Waals surface area contributed by atoms with Gasteiger partial charge < -0.3 is 14.2 Å². The van der Waals surface area contributed by atoms with E-state index in [1.165, 1.54) is 44.5 Å². The van der Waals surface area contributed by atoms with Crippen molar-refractivity contribution in [3.05, 3.63) is 23.2 Å². The fraction of sp³-hybridized carbons (Fsp3) is 0.778. The van der Waals surface area contributed by atoms with E-state index in [1.807, 2.05) is 0 Å². The first-order chi connectivity index (χ1) is 10.5. The second-order valence-corrected chi connectivity index (χ2v) is 7.12. The third-order valence-corrected chi connectivity index (χ3v) is 4.82. The largest absolute Gasteiger partial charge is 0.465 e. The van der Waals surface area contributed by atoms with Crippen molar-refractivity contribution < 1.29 is 4.42 Å². The zero-order chi connectivity index (χ0) is 16.1. The summed E-state index contributed by atoms with van der Waals surface area (Å²) in [6.45, 7) is 9.85. The number of likely N-dealkylation sites (N-methyl/N-ethyl adjacent to an activating group) is 1. The Morgan fingerprint density at radius 3 is 2.64 bits per heavy atom. The molecule has 1 aromatic heterocycles. The lowest BCUT2D eigenvalue weighted by Gasteiger charge is -2.37. The fourth-order valence-corrected chi connectivity index (χ4v) is 3.30. The van der Waals surface area contributed by atoms with E-state index in [2.05, 4.69) is 55.8 Å². The van der Waals surface area contributed by atoms with Crippen molar-refractivity contribution in [2.75, 3.05) is 47.3 Å². The molecular weight excluding hydrogens is 274 g/mol. The van der Waals surface area contributed by atoms with Crippen molar-refractivity contribution in [2.45, 2.75) is 45.7 Å². The monoisotopic (exact) mass is 307 g/mol. The van der Waals surface area contributed by atoms with Crippen molar-refractivity contribution in [2.24, 2.45) is 0 Å². The Morgan fingerprint density at radius 2 is 2.00 bits per heavy atom. The highest BCUT2D eigenvalue weighted by molar-refractivity contribution is 5.18. The van der Waals surface area contributed by atoms with E-state index < -0.39 is 0 Å². The number of likely N-dealkylation sites (tertiary alicyclic amines) is 1. The number of hydrogen-bond acceptors (Lipinski definition) is 4. The summed E-state index contributed by atoms with van der Waals surface area (Å²) in [5, 5.41) is 0. The van der Waals surface area contributed by atoms with Crippen LogP contribution in [-0.2, 0) is 6.54 Å². The molecule has 0 amide bonds. The summed E-state index contributed by atoms with van der Waals surface area (Å²) in [4.78, 5) is 7.37. The van der Waals surface area contributed by atoms with Crippen LogP contribution in [0.2, 0.25) is 0 Å². The minimum Gasteiger partial charge on any atom is -0.465 e. The van der Waals surface area contributed by atoms with E-state index in [1.54, 1.807) is 0 Å². The minimum atomic E-state index is 0.688. The quantitative estimate of drug-likeness (QED) is 0.772. The van der Waals surface area contributed by atoms with Crippen LogP contribution in [-0.4, -0.2) is 68.1 Å². The Morgan fingerprint density at radius 1 is 1.23 bits per heavy atom. The zero-order valence-corrected chi connectivity index (χ0v) is 15.1. The van der Waals surface area contributed by atoms with Gasteiger partial charge in [-0.05, 0) is 85.5 Å². The van der Waals surface area contributed by atoms with E-state index in [-0.39, 0.29) is 0 Å². The first-order valence-electron chi connectivity index (χ1n) is 8.59. The fourth-order valence-electron chi connectivity index (χ4n) is 3.30. The first kappa shape index (κ1) is 17.5.